The van der Waals surface area contributed by atoms with Crippen LogP contribution in [0.15, 0.2) is 12.3 Å². The van der Waals surface area contributed by atoms with E-state index in [0.717, 1.165) is 51.5 Å². The van der Waals surface area contributed by atoms with Crippen molar-refractivity contribution < 1.29 is 9.47 Å². The zero-order valence-corrected chi connectivity index (χ0v) is 12.3. The van der Waals surface area contributed by atoms with Gasteiger partial charge in [-0.1, -0.05) is 0 Å². The molecule has 1 aromatic heterocycles. The zero-order valence-electron chi connectivity index (χ0n) is 12.3. The molecule has 1 aromatic rings. The van der Waals surface area contributed by atoms with E-state index in [9.17, 15) is 0 Å². The highest BCUT2D eigenvalue weighted by molar-refractivity contribution is 5.28. The number of nitriles is 1. The van der Waals surface area contributed by atoms with Crippen molar-refractivity contribution in [1.82, 2.24) is 9.47 Å². The average Bonchev–Trinajstić information content (AvgIpc) is 2.87. The first-order chi connectivity index (χ1) is 9.76. The van der Waals surface area contributed by atoms with E-state index < -0.39 is 0 Å². The second-order valence-electron chi connectivity index (χ2n) is 5.14. The van der Waals surface area contributed by atoms with E-state index in [0.29, 0.717) is 0 Å². The van der Waals surface area contributed by atoms with Gasteiger partial charge in [0.1, 0.15) is 11.8 Å². The van der Waals surface area contributed by atoms with E-state index in [1.165, 1.54) is 5.56 Å². The molecule has 5 nitrogen and oxygen atoms in total. The average molecular weight is 277 g/mol. The molecule has 0 amide bonds. The van der Waals surface area contributed by atoms with Gasteiger partial charge in [-0.25, -0.2) is 0 Å². The van der Waals surface area contributed by atoms with Crippen LogP contribution >= 0.6 is 0 Å². The minimum atomic E-state index is 0.257. The number of hydrogen-bond acceptors (Lipinski definition) is 4. The zero-order chi connectivity index (χ0) is 14.4. The largest absolute Gasteiger partial charge is 0.385 e. The van der Waals surface area contributed by atoms with E-state index >= 15 is 0 Å². The Morgan fingerprint density at radius 1 is 1.55 bits per heavy atom. The first-order valence-corrected chi connectivity index (χ1v) is 7.18. The Balaban J connectivity index is 1.92. The highest BCUT2D eigenvalue weighted by Crippen LogP contribution is 2.15. The molecule has 1 aliphatic rings. The quantitative estimate of drug-likeness (QED) is 0.793. The Kier molecular flexibility index (Phi) is 5.60. The van der Waals surface area contributed by atoms with E-state index in [-0.39, 0.29) is 6.10 Å². The fraction of sp³-hybridized carbons (Fsp3) is 0.667. The molecule has 2 heterocycles. The van der Waals surface area contributed by atoms with Gasteiger partial charge in [0.15, 0.2) is 0 Å². The number of aromatic nitrogens is 1. The second-order valence-corrected chi connectivity index (χ2v) is 5.14. The summed E-state index contributed by atoms with van der Waals surface area (Å²) in [5, 5.41) is 9.09. The Bertz CT molecular complexity index is 464. The van der Waals surface area contributed by atoms with Crippen molar-refractivity contribution in [1.29, 1.82) is 5.26 Å². The van der Waals surface area contributed by atoms with E-state index in [4.69, 9.17) is 14.7 Å². The predicted octanol–water partition coefficient (Wildman–Crippen LogP) is 1.62. The van der Waals surface area contributed by atoms with Gasteiger partial charge < -0.3 is 14.0 Å². The van der Waals surface area contributed by atoms with Crippen LogP contribution in [0.2, 0.25) is 0 Å². The molecule has 20 heavy (non-hydrogen) atoms. The lowest BCUT2D eigenvalue weighted by Crippen LogP contribution is -2.42. The molecule has 2 rings (SSSR count). The van der Waals surface area contributed by atoms with Crippen LogP contribution in [0.25, 0.3) is 0 Å². The summed E-state index contributed by atoms with van der Waals surface area (Å²) in [4.78, 5) is 2.39. The van der Waals surface area contributed by atoms with Crippen LogP contribution in [0.4, 0.5) is 0 Å². The number of methoxy groups -OCH3 is 1. The molecule has 0 saturated carbocycles. The van der Waals surface area contributed by atoms with Crippen LogP contribution in [-0.2, 0) is 22.6 Å². The van der Waals surface area contributed by atoms with Crippen LogP contribution < -0.4 is 0 Å². The van der Waals surface area contributed by atoms with Gasteiger partial charge in [0.2, 0.25) is 0 Å². The molecule has 1 aliphatic heterocycles. The summed E-state index contributed by atoms with van der Waals surface area (Å²) >= 11 is 0. The smallest absolute Gasteiger partial charge is 0.120 e. The third-order valence-electron chi connectivity index (χ3n) is 3.68. The highest BCUT2D eigenvalue weighted by atomic mass is 16.5. The standard InChI is InChI=1S/C15H23N3O2/c1-3-18-11-13(8-14(18)9-16)10-17-5-7-20-15(12-17)4-6-19-2/h8,11,15H,3-7,10,12H2,1-2H3/t15-/m0/s1. The monoisotopic (exact) mass is 277 g/mol. The lowest BCUT2D eigenvalue weighted by molar-refractivity contribution is -0.0432. The van der Waals surface area contributed by atoms with Gasteiger partial charge in [-0.15, -0.1) is 0 Å². The maximum absolute atomic E-state index is 9.09. The number of hydrogen-bond donors (Lipinski definition) is 0. The molecule has 0 aromatic carbocycles. The topological polar surface area (TPSA) is 50.4 Å². The van der Waals surface area contributed by atoms with Gasteiger partial charge in [0.25, 0.3) is 0 Å². The summed E-state index contributed by atoms with van der Waals surface area (Å²) < 4.78 is 12.8. The Labute approximate surface area is 120 Å². The number of nitrogens with zero attached hydrogens (tertiary/aromatic N) is 3. The van der Waals surface area contributed by atoms with Gasteiger partial charge >= 0.3 is 0 Å². The first kappa shape index (κ1) is 15.0. The van der Waals surface area contributed by atoms with Crippen LogP contribution in [0.3, 0.4) is 0 Å². The summed E-state index contributed by atoms with van der Waals surface area (Å²) in [6.07, 6.45) is 3.28. The van der Waals surface area contributed by atoms with Crippen molar-refractivity contribution in [3.05, 3.63) is 23.5 Å². The van der Waals surface area contributed by atoms with Crippen LogP contribution in [0, 0.1) is 11.3 Å². The molecule has 0 unspecified atom stereocenters. The Hall–Kier alpha value is -1.35. The highest BCUT2D eigenvalue weighted by Gasteiger charge is 2.20. The molecule has 0 N–H and O–H groups in total. The molecule has 0 spiro atoms. The molecule has 0 radical (unpaired) electrons. The van der Waals surface area contributed by atoms with Crippen molar-refractivity contribution in [2.45, 2.75) is 32.5 Å². The van der Waals surface area contributed by atoms with Gasteiger partial charge in [0, 0.05) is 46.1 Å². The third-order valence-corrected chi connectivity index (χ3v) is 3.68. The molecule has 0 aliphatic carbocycles. The molecule has 0 bridgehead atoms. The van der Waals surface area contributed by atoms with Gasteiger partial charge in [-0.2, -0.15) is 5.26 Å². The predicted molar refractivity (Wildman–Crippen MR) is 76.3 cm³/mol. The SMILES string of the molecule is CCn1cc(CN2CCO[C@@H](CCOC)C2)cc1C#N. The molecule has 1 atom stereocenters. The number of aryl methyl sites for hydroxylation is 1. The summed E-state index contributed by atoms with van der Waals surface area (Å²) in [5.74, 6) is 0. The van der Waals surface area contributed by atoms with Crippen molar-refractivity contribution in [3.63, 3.8) is 0 Å². The number of rotatable bonds is 6. The summed E-state index contributed by atoms with van der Waals surface area (Å²) in [5.41, 5.74) is 1.95. The van der Waals surface area contributed by atoms with Crippen molar-refractivity contribution >= 4 is 0 Å². The maximum atomic E-state index is 9.09. The third kappa shape index (κ3) is 3.83. The second kappa shape index (κ2) is 7.44. The minimum Gasteiger partial charge on any atom is -0.385 e. The molecule has 1 fully saturated rings. The Morgan fingerprint density at radius 2 is 2.40 bits per heavy atom. The van der Waals surface area contributed by atoms with E-state index in [2.05, 4.69) is 24.1 Å². The van der Waals surface area contributed by atoms with Crippen molar-refractivity contribution in [2.24, 2.45) is 0 Å². The van der Waals surface area contributed by atoms with Gasteiger partial charge in [0.05, 0.1) is 12.7 Å². The van der Waals surface area contributed by atoms with Crippen LogP contribution in [-0.4, -0.2) is 49.0 Å². The molecule has 110 valence electrons. The van der Waals surface area contributed by atoms with Crippen molar-refractivity contribution in [3.8, 4) is 6.07 Å². The molecule has 5 heteroatoms. The van der Waals surface area contributed by atoms with E-state index in [1.54, 1.807) is 7.11 Å². The summed E-state index contributed by atoms with van der Waals surface area (Å²) in [6, 6.07) is 4.23. The number of morpholine rings is 1. The molecular formula is C15H23N3O2. The van der Waals surface area contributed by atoms with Gasteiger partial charge in [-0.3, -0.25) is 4.90 Å². The Morgan fingerprint density at radius 3 is 3.05 bits per heavy atom. The lowest BCUT2D eigenvalue weighted by atomic mass is 10.2. The first-order valence-electron chi connectivity index (χ1n) is 7.18. The molecule has 1 saturated heterocycles. The fourth-order valence-corrected chi connectivity index (χ4v) is 2.62. The van der Waals surface area contributed by atoms with Crippen molar-refractivity contribution in [2.75, 3.05) is 33.4 Å². The maximum Gasteiger partial charge on any atom is 0.120 e. The fourth-order valence-electron chi connectivity index (χ4n) is 2.62. The van der Waals surface area contributed by atoms with Crippen LogP contribution in [0.5, 0.6) is 0 Å². The summed E-state index contributed by atoms with van der Waals surface area (Å²) in [6.45, 7) is 7.17. The minimum absolute atomic E-state index is 0.257. The van der Waals surface area contributed by atoms with Gasteiger partial charge in [-0.05, 0) is 25.0 Å². The molecular weight excluding hydrogens is 254 g/mol. The summed E-state index contributed by atoms with van der Waals surface area (Å²) in [7, 11) is 1.72. The number of ether oxygens (including phenoxy) is 2. The van der Waals surface area contributed by atoms with E-state index in [1.807, 2.05) is 10.6 Å². The lowest BCUT2D eigenvalue weighted by Gasteiger charge is -2.32. The normalized spacial score (nSPS) is 19.9. The van der Waals surface area contributed by atoms with Crippen LogP contribution in [0.1, 0.15) is 24.6 Å².